The Bertz CT molecular complexity index is 1370. The van der Waals surface area contributed by atoms with Gasteiger partial charge in [0.25, 0.3) is 0 Å². The van der Waals surface area contributed by atoms with Crippen LogP contribution in [0.25, 0.3) is 0 Å². The fraction of sp³-hybridized carbons (Fsp3) is 0.375. The summed E-state index contributed by atoms with van der Waals surface area (Å²) in [7, 11) is 0. The maximum absolute atomic E-state index is 12.7. The number of rotatable bonds is 4. The molecule has 0 aliphatic heterocycles. The van der Waals surface area contributed by atoms with Gasteiger partial charge in [-0.1, -0.05) is 122 Å². The number of carbonyl (C=O) groups is 1. The number of hydrogen-bond donors (Lipinski definition) is 0. The first-order chi connectivity index (χ1) is 20.2. The Morgan fingerprint density at radius 1 is 0.512 bits per heavy atom. The van der Waals surface area contributed by atoms with E-state index in [1.54, 1.807) is 22.3 Å². The second-order valence-electron chi connectivity index (χ2n) is 13.0. The van der Waals surface area contributed by atoms with Crippen LogP contribution in [-0.2, 0) is 35.9 Å². The Hall–Kier alpha value is -3.45. The number of benzene rings is 4. The van der Waals surface area contributed by atoms with Crippen molar-refractivity contribution in [3.63, 3.8) is 0 Å². The van der Waals surface area contributed by atoms with Gasteiger partial charge in [-0.2, -0.15) is 0 Å². The number of hydrogen-bond acceptors (Lipinski definition) is 1. The van der Waals surface area contributed by atoms with E-state index in [-0.39, 0.29) is 11.8 Å². The standard InChI is InChI=1S/C20H22O.C20H20/c21-20-18(14-16-8-3-1-4-9-16)12-7-13-19(20)15-17-10-5-2-6-11-17;1-3-10-18-14(6-1)12-16-8-5-9-17-13-15-7-2-4-11-19(15)20(16,17)18/h1-6,8-11,18-19H,7,12-15H2;1-4,6-7,10-11,16-17H,5,8-9,12-13H2/t18-,19-;16-,17-,20?/m00/s1. The molecule has 1 heteroatoms. The summed E-state index contributed by atoms with van der Waals surface area (Å²) in [6, 6.07) is 39.4. The summed E-state index contributed by atoms with van der Waals surface area (Å²) in [5.74, 6) is 2.61. The maximum Gasteiger partial charge on any atom is 0.139 e. The van der Waals surface area contributed by atoms with Gasteiger partial charge in [0.2, 0.25) is 0 Å². The van der Waals surface area contributed by atoms with Crippen LogP contribution in [0.5, 0.6) is 0 Å². The summed E-state index contributed by atoms with van der Waals surface area (Å²) in [5.41, 5.74) is 9.53. The predicted octanol–water partition coefficient (Wildman–Crippen LogP) is 8.96. The third-order valence-electron chi connectivity index (χ3n) is 10.8. The van der Waals surface area contributed by atoms with Gasteiger partial charge in [0.1, 0.15) is 5.78 Å². The van der Waals surface area contributed by atoms with Crippen LogP contribution in [0.15, 0.2) is 109 Å². The fourth-order valence-electron chi connectivity index (χ4n) is 9.12. The molecule has 0 amide bonds. The summed E-state index contributed by atoms with van der Waals surface area (Å²) in [6.07, 6.45) is 12.0. The molecule has 2 fully saturated rings. The summed E-state index contributed by atoms with van der Waals surface area (Å²) >= 11 is 0. The van der Waals surface area contributed by atoms with Crippen LogP contribution in [0.4, 0.5) is 0 Å². The molecule has 0 saturated heterocycles. The molecular formula is C40H42O. The van der Waals surface area contributed by atoms with Gasteiger partial charge in [-0.25, -0.2) is 0 Å². The second kappa shape index (κ2) is 11.4. The van der Waals surface area contributed by atoms with Crippen LogP contribution in [-0.4, -0.2) is 5.78 Å². The zero-order chi connectivity index (χ0) is 27.6. The molecule has 4 aliphatic rings. The van der Waals surface area contributed by atoms with Crippen LogP contribution < -0.4 is 0 Å². The minimum absolute atomic E-state index is 0.217. The largest absolute Gasteiger partial charge is 0.299 e. The molecule has 4 aliphatic carbocycles. The Morgan fingerprint density at radius 3 is 1.41 bits per heavy atom. The Kier molecular flexibility index (Phi) is 7.38. The molecular weight excluding hydrogens is 496 g/mol. The first kappa shape index (κ1) is 26.4. The highest BCUT2D eigenvalue weighted by Gasteiger charge is 2.57. The van der Waals surface area contributed by atoms with Gasteiger partial charge in [0.05, 0.1) is 0 Å². The Labute approximate surface area is 246 Å². The van der Waals surface area contributed by atoms with Crippen LogP contribution in [0.1, 0.15) is 71.9 Å². The van der Waals surface area contributed by atoms with Crippen molar-refractivity contribution in [2.75, 3.05) is 0 Å². The molecule has 1 nitrogen and oxygen atoms in total. The lowest BCUT2D eigenvalue weighted by Gasteiger charge is -2.43. The van der Waals surface area contributed by atoms with Gasteiger partial charge < -0.3 is 0 Å². The van der Waals surface area contributed by atoms with E-state index in [0.29, 0.717) is 11.2 Å². The molecule has 0 heterocycles. The highest BCUT2D eigenvalue weighted by Crippen LogP contribution is 2.62. The van der Waals surface area contributed by atoms with Crippen LogP contribution >= 0.6 is 0 Å². The minimum atomic E-state index is 0.217. The van der Waals surface area contributed by atoms with Crippen molar-refractivity contribution in [1.82, 2.24) is 0 Å². The molecule has 0 bridgehead atoms. The summed E-state index contributed by atoms with van der Waals surface area (Å²) in [4.78, 5) is 12.7. The van der Waals surface area contributed by atoms with Crippen molar-refractivity contribution < 1.29 is 4.79 Å². The van der Waals surface area contributed by atoms with Crippen molar-refractivity contribution in [2.45, 2.75) is 69.6 Å². The van der Waals surface area contributed by atoms with E-state index in [0.717, 1.165) is 37.5 Å². The van der Waals surface area contributed by atoms with E-state index < -0.39 is 0 Å². The molecule has 0 N–H and O–H groups in total. The quantitative estimate of drug-likeness (QED) is 0.253. The molecule has 0 radical (unpaired) electrons. The van der Waals surface area contributed by atoms with E-state index in [4.69, 9.17) is 0 Å². The minimum Gasteiger partial charge on any atom is -0.299 e. The molecule has 41 heavy (non-hydrogen) atoms. The number of carbonyl (C=O) groups excluding carboxylic acids is 1. The van der Waals surface area contributed by atoms with Crippen molar-refractivity contribution in [2.24, 2.45) is 23.7 Å². The first-order valence-electron chi connectivity index (χ1n) is 16.0. The summed E-state index contributed by atoms with van der Waals surface area (Å²) < 4.78 is 0. The number of Topliss-reactive ketones (excluding diaryl/α,β-unsaturated/α-hetero) is 1. The Balaban J connectivity index is 0.000000135. The van der Waals surface area contributed by atoms with Gasteiger partial charge in [0, 0.05) is 17.3 Å². The number of ketones is 1. The highest BCUT2D eigenvalue weighted by molar-refractivity contribution is 5.84. The molecule has 4 atom stereocenters. The monoisotopic (exact) mass is 538 g/mol. The highest BCUT2D eigenvalue weighted by atomic mass is 16.1. The van der Waals surface area contributed by atoms with Crippen molar-refractivity contribution >= 4 is 5.78 Å². The zero-order valence-electron chi connectivity index (χ0n) is 24.2. The average molecular weight is 539 g/mol. The molecule has 1 spiro atoms. The first-order valence-corrected chi connectivity index (χ1v) is 16.0. The molecule has 0 aromatic heterocycles. The molecule has 8 rings (SSSR count). The Morgan fingerprint density at radius 2 is 0.927 bits per heavy atom. The molecule has 2 saturated carbocycles. The van der Waals surface area contributed by atoms with E-state index >= 15 is 0 Å². The maximum atomic E-state index is 12.7. The lowest BCUT2D eigenvalue weighted by atomic mass is 9.59. The normalized spacial score (nSPS) is 27.6. The van der Waals surface area contributed by atoms with Gasteiger partial charge in [-0.05, 0) is 96.6 Å². The summed E-state index contributed by atoms with van der Waals surface area (Å²) in [6.45, 7) is 0. The van der Waals surface area contributed by atoms with Crippen LogP contribution in [0, 0.1) is 23.7 Å². The second-order valence-corrected chi connectivity index (χ2v) is 13.0. The topological polar surface area (TPSA) is 17.1 Å². The average Bonchev–Trinajstić information content (AvgIpc) is 3.55. The zero-order valence-corrected chi connectivity index (χ0v) is 24.2. The summed E-state index contributed by atoms with van der Waals surface area (Å²) in [5, 5.41) is 0. The van der Waals surface area contributed by atoms with E-state index in [1.165, 1.54) is 49.7 Å². The van der Waals surface area contributed by atoms with E-state index in [9.17, 15) is 4.79 Å². The van der Waals surface area contributed by atoms with Gasteiger partial charge in [-0.15, -0.1) is 0 Å². The van der Waals surface area contributed by atoms with Crippen molar-refractivity contribution in [3.8, 4) is 0 Å². The van der Waals surface area contributed by atoms with Crippen LogP contribution in [0.2, 0.25) is 0 Å². The SMILES string of the molecule is O=C1[C@H](Cc2ccccc2)CCC[C@H]1Cc1ccccc1.c1ccc2c(c1)C[C@@H]1CCC[C@H]3Cc4ccccc4C213. The van der Waals surface area contributed by atoms with Gasteiger partial charge >= 0.3 is 0 Å². The molecule has 0 unspecified atom stereocenters. The van der Waals surface area contributed by atoms with Crippen LogP contribution in [0.3, 0.4) is 0 Å². The third kappa shape index (κ3) is 4.88. The smallest absolute Gasteiger partial charge is 0.139 e. The fourth-order valence-corrected chi connectivity index (χ4v) is 9.12. The van der Waals surface area contributed by atoms with E-state index in [1.807, 2.05) is 12.1 Å². The van der Waals surface area contributed by atoms with E-state index in [2.05, 4.69) is 97.1 Å². The lowest BCUT2D eigenvalue weighted by Crippen LogP contribution is -2.40. The third-order valence-corrected chi connectivity index (χ3v) is 10.8. The molecule has 4 aromatic carbocycles. The van der Waals surface area contributed by atoms with Gasteiger partial charge in [-0.3, -0.25) is 4.79 Å². The van der Waals surface area contributed by atoms with Crippen molar-refractivity contribution in [1.29, 1.82) is 0 Å². The lowest BCUT2D eigenvalue weighted by molar-refractivity contribution is -0.129. The van der Waals surface area contributed by atoms with Gasteiger partial charge in [0.15, 0.2) is 0 Å². The molecule has 208 valence electrons. The predicted molar refractivity (Wildman–Crippen MR) is 168 cm³/mol. The molecule has 4 aromatic rings. The van der Waals surface area contributed by atoms with Crippen molar-refractivity contribution in [3.05, 3.63) is 143 Å². The number of fused-ring (bicyclic) bond motifs is 2.